The van der Waals surface area contributed by atoms with Gasteiger partial charge in [0.25, 0.3) is 0 Å². The van der Waals surface area contributed by atoms with E-state index in [-0.39, 0.29) is 26.7 Å². The first kappa shape index (κ1) is 51.9. The topological polar surface area (TPSA) is 6.48 Å². The van der Waals surface area contributed by atoms with Crippen LogP contribution in [-0.2, 0) is 23.2 Å². The number of thiophene rings is 2. The summed E-state index contributed by atoms with van der Waals surface area (Å²) >= 11 is 2.34. The van der Waals surface area contributed by atoms with E-state index < -0.39 is 28.9 Å². The smallest absolute Gasteiger partial charge is 0.309 e. The minimum absolute atomic E-state index is 0.186. The van der Waals surface area contributed by atoms with Crippen LogP contribution in [0.1, 0.15) is 109 Å². The van der Waals surface area contributed by atoms with Crippen LogP contribution in [0.4, 0.5) is 60.5 Å². The number of rotatable bonds is 8. The Balaban J connectivity index is 1.07. The second kappa shape index (κ2) is 18.7. The summed E-state index contributed by atoms with van der Waals surface area (Å²) in [5, 5.41) is 2.59. The monoisotopic (exact) mass is 1120 g/mol. The van der Waals surface area contributed by atoms with E-state index in [0.29, 0.717) is 10.8 Å². The summed E-state index contributed by atoms with van der Waals surface area (Å²) in [4.78, 5) is 4.41. The Morgan fingerprint density at radius 3 is 1.10 bits per heavy atom. The van der Waals surface area contributed by atoms with E-state index in [1.54, 1.807) is 12.1 Å². The van der Waals surface area contributed by atoms with Crippen LogP contribution in [0.25, 0.3) is 51.5 Å². The summed E-state index contributed by atoms with van der Waals surface area (Å²) in [5.41, 5.74) is 13.6. The highest BCUT2D eigenvalue weighted by Gasteiger charge is 2.53. The zero-order chi connectivity index (χ0) is 56.8. The normalized spacial score (nSPS) is 14.3. The molecule has 2 heterocycles. The molecule has 0 radical (unpaired) electrons. The molecular weight excluding hydrogens is 1070 g/mol. The summed E-state index contributed by atoms with van der Waals surface area (Å²) < 4.78 is 90.8. The summed E-state index contributed by atoms with van der Waals surface area (Å²) in [7, 11) is 0. The fourth-order valence-corrected chi connectivity index (χ4v) is 16.2. The van der Waals surface area contributed by atoms with Gasteiger partial charge in [-0.05, 0) is 140 Å². The molecule has 14 rings (SSSR count). The van der Waals surface area contributed by atoms with Gasteiger partial charge in [0.2, 0.25) is 0 Å². The number of benzene rings is 10. The molecule has 10 heteroatoms. The predicted octanol–water partition coefficient (Wildman–Crippen LogP) is 22.6. The van der Waals surface area contributed by atoms with Crippen LogP contribution in [0.15, 0.2) is 206 Å². The third-order valence-electron chi connectivity index (χ3n) is 17.3. The first-order valence-corrected chi connectivity index (χ1v) is 29.3. The van der Waals surface area contributed by atoms with Gasteiger partial charge in [0.05, 0.1) is 37.3 Å². The number of fused-ring (bicyclic) bond motifs is 15. The standard InChI is InChI=1S/C72H54F6N2S2/c1-41(2)43-17-11-19-45(37-43)79(63-31-15-23-51-49-21-13-29-61(71(73,74)75)65(49)81-67(51)63)47-33-35-55-53(39-47)54-40-48(34-36-56(54)70(55)59-27-9-7-25-57(59)69(5,6)58-26-8-10-28-60(58)70)80(46-20-12-18-44(38-46)42(3)4)64-32-16-24-52-50-22-14-30-62(72(76,77)78)66(50)82-68(52)64/h7-42H,1-6H3. The zero-order valence-corrected chi connectivity index (χ0v) is 47.4. The van der Waals surface area contributed by atoms with Crippen LogP contribution in [0.2, 0.25) is 0 Å². The van der Waals surface area contributed by atoms with Crippen molar-refractivity contribution in [3.8, 4) is 11.1 Å². The molecule has 2 nitrogen and oxygen atoms in total. The number of nitrogens with zero attached hydrogens (tertiary/aromatic N) is 2. The second-order valence-corrected chi connectivity index (χ2v) is 25.0. The quantitative estimate of drug-likeness (QED) is 0.140. The Bertz CT molecular complexity index is 4290. The maximum atomic E-state index is 14.8. The molecule has 0 fully saturated rings. The van der Waals surface area contributed by atoms with Crippen LogP contribution in [0.3, 0.4) is 0 Å². The van der Waals surface area contributed by atoms with E-state index in [1.807, 2.05) is 36.4 Å². The number of hydrogen-bond donors (Lipinski definition) is 0. The number of hydrogen-bond acceptors (Lipinski definition) is 4. The Morgan fingerprint density at radius 1 is 0.354 bits per heavy atom. The van der Waals surface area contributed by atoms with Gasteiger partial charge in [0.1, 0.15) is 0 Å². The van der Waals surface area contributed by atoms with Crippen molar-refractivity contribution in [2.45, 2.75) is 76.6 Å². The van der Waals surface area contributed by atoms with Crippen molar-refractivity contribution in [1.29, 1.82) is 0 Å². The fourth-order valence-electron chi connectivity index (χ4n) is 13.5. The van der Waals surface area contributed by atoms with E-state index in [0.717, 1.165) is 87.7 Å². The largest absolute Gasteiger partial charge is 0.417 e. The number of halogens is 6. The zero-order valence-electron chi connectivity index (χ0n) is 45.8. The Morgan fingerprint density at radius 2 is 0.707 bits per heavy atom. The lowest BCUT2D eigenvalue weighted by molar-refractivity contribution is -0.137. The minimum atomic E-state index is -4.55. The average molecular weight is 1130 g/mol. The fraction of sp³-hybridized carbons (Fsp3) is 0.167. The minimum Gasteiger partial charge on any atom is -0.309 e. The molecular formula is C72H54F6N2S2. The Labute approximate surface area is 480 Å². The van der Waals surface area contributed by atoms with Gasteiger partial charge >= 0.3 is 12.4 Å². The summed E-state index contributed by atoms with van der Waals surface area (Å²) in [6, 6.07) is 68.4. The molecule has 0 unspecified atom stereocenters. The highest BCUT2D eigenvalue weighted by atomic mass is 32.1. The maximum absolute atomic E-state index is 14.8. The lowest BCUT2D eigenvalue weighted by atomic mass is 9.55. The van der Waals surface area contributed by atoms with Crippen LogP contribution >= 0.6 is 22.7 Å². The highest BCUT2D eigenvalue weighted by Crippen LogP contribution is 2.64. The molecule has 12 aromatic rings. The van der Waals surface area contributed by atoms with Gasteiger partial charge in [0.15, 0.2) is 0 Å². The Kier molecular flexibility index (Phi) is 11.8. The third kappa shape index (κ3) is 7.73. The lowest BCUT2D eigenvalue weighted by Crippen LogP contribution is -2.40. The molecule has 1 spiro atoms. The van der Waals surface area contributed by atoms with Crippen molar-refractivity contribution in [2.24, 2.45) is 0 Å². The maximum Gasteiger partial charge on any atom is 0.417 e. The van der Waals surface area contributed by atoms with Crippen LogP contribution in [0, 0.1) is 0 Å². The van der Waals surface area contributed by atoms with Gasteiger partial charge in [-0.25, -0.2) is 0 Å². The van der Waals surface area contributed by atoms with Gasteiger partial charge < -0.3 is 9.80 Å². The van der Waals surface area contributed by atoms with E-state index in [9.17, 15) is 26.3 Å². The van der Waals surface area contributed by atoms with Gasteiger partial charge in [0, 0.05) is 59.1 Å². The molecule has 0 amide bonds. The van der Waals surface area contributed by atoms with Gasteiger partial charge in [-0.15, -0.1) is 22.7 Å². The highest BCUT2D eigenvalue weighted by molar-refractivity contribution is 7.27. The van der Waals surface area contributed by atoms with Gasteiger partial charge in [-0.1, -0.05) is 175 Å². The second-order valence-electron chi connectivity index (χ2n) is 23.0. The molecule has 2 aliphatic carbocycles. The van der Waals surface area contributed by atoms with Crippen LogP contribution in [0.5, 0.6) is 0 Å². The van der Waals surface area contributed by atoms with Crippen molar-refractivity contribution in [3.05, 3.63) is 262 Å². The Hall–Kier alpha value is -8.18. The molecule has 0 atom stereocenters. The molecule has 2 aromatic heterocycles. The molecule has 0 N–H and O–H groups in total. The SMILES string of the molecule is CC(C)c1cccc(N(c2ccc3c(c2)-c2cc(N(c4cccc(C(C)C)c4)c4cccc5c4sc4c(C(F)(F)F)cccc45)ccc2C32c3ccccc3C(C)(C)c3ccccc32)c2cccc3c2sc2c(C(F)(F)F)cccc23)c1. The molecule has 0 bridgehead atoms. The van der Waals surface area contributed by atoms with Crippen molar-refractivity contribution >= 4 is 97.1 Å². The van der Waals surface area contributed by atoms with Gasteiger partial charge in [-0.2, -0.15) is 26.3 Å². The predicted molar refractivity (Wildman–Crippen MR) is 329 cm³/mol. The first-order chi connectivity index (χ1) is 39.3. The summed E-state index contributed by atoms with van der Waals surface area (Å²) in [5.74, 6) is 0.373. The van der Waals surface area contributed by atoms with Crippen LogP contribution < -0.4 is 9.80 Å². The molecule has 10 aromatic carbocycles. The van der Waals surface area contributed by atoms with E-state index in [1.165, 1.54) is 69.2 Å². The van der Waals surface area contributed by atoms with Gasteiger partial charge in [-0.3, -0.25) is 0 Å². The van der Waals surface area contributed by atoms with Crippen molar-refractivity contribution in [1.82, 2.24) is 0 Å². The van der Waals surface area contributed by atoms with E-state index in [2.05, 4.69) is 185 Å². The first-order valence-electron chi connectivity index (χ1n) is 27.7. The molecule has 406 valence electrons. The van der Waals surface area contributed by atoms with E-state index >= 15 is 0 Å². The molecule has 82 heavy (non-hydrogen) atoms. The third-order valence-corrected chi connectivity index (χ3v) is 19.9. The average Bonchev–Trinajstić information content (AvgIpc) is 1.81. The number of alkyl halides is 6. The van der Waals surface area contributed by atoms with Crippen molar-refractivity contribution < 1.29 is 26.3 Å². The molecule has 0 saturated heterocycles. The summed E-state index contributed by atoms with van der Waals surface area (Å²) in [6.45, 7) is 13.2. The van der Waals surface area contributed by atoms with Crippen molar-refractivity contribution in [3.63, 3.8) is 0 Å². The molecule has 2 aliphatic rings. The number of anilines is 6. The molecule has 0 saturated carbocycles. The lowest BCUT2D eigenvalue weighted by Gasteiger charge is -2.46. The molecule has 0 aliphatic heterocycles. The van der Waals surface area contributed by atoms with Crippen LogP contribution in [-0.4, -0.2) is 0 Å². The van der Waals surface area contributed by atoms with E-state index in [4.69, 9.17) is 0 Å². The summed E-state index contributed by atoms with van der Waals surface area (Å²) in [6.07, 6.45) is -9.10. The van der Waals surface area contributed by atoms with Crippen molar-refractivity contribution in [2.75, 3.05) is 9.80 Å².